The van der Waals surface area contributed by atoms with Crippen LogP contribution in [0.15, 0.2) is 59.7 Å². The van der Waals surface area contributed by atoms with Gasteiger partial charge in [0.1, 0.15) is 17.2 Å². The second kappa shape index (κ2) is 7.22. The van der Waals surface area contributed by atoms with Gasteiger partial charge in [0, 0.05) is 11.6 Å². The lowest BCUT2D eigenvalue weighted by Gasteiger charge is -2.10. The predicted molar refractivity (Wildman–Crippen MR) is 120 cm³/mol. The van der Waals surface area contributed by atoms with Gasteiger partial charge in [0.05, 0.1) is 17.6 Å². The molecule has 150 valence electrons. The molecule has 0 aliphatic heterocycles. The van der Waals surface area contributed by atoms with Gasteiger partial charge in [0.25, 0.3) is 5.56 Å². The Hall–Kier alpha value is -3.25. The normalized spacial score (nSPS) is 11.9. The zero-order valence-electron chi connectivity index (χ0n) is 16.7. The predicted octanol–water partition coefficient (Wildman–Crippen LogP) is 4.65. The van der Waals surface area contributed by atoms with Crippen LogP contribution in [0.1, 0.15) is 19.4 Å². The van der Waals surface area contributed by atoms with Crippen molar-refractivity contribution >= 4 is 44.8 Å². The van der Waals surface area contributed by atoms with E-state index in [1.165, 1.54) is 0 Å². The van der Waals surface area contributed by atoms with E-state index in [9.17, 15) is 4.79 Å². The van der Waals surface area contributed by atoms with Crippen LogP contribution in [-0.4, -0.2) is 24.1 Å². The van der Waals surface area contributed by atoms with E-state index in [2.05, 4.69) is 18.8 Å². The molecular weight excluding hydrogens is 398 g/mol. The van der Waals surface area contributed by atoms with Crippen molar-refractivity contribution in [3.63, 3.8) is 0 Å². The van der Waals surface area contributed by atoms with Crippen LogP contribution >= 0.6 is 11.6 Å². The zero-order valence-corrected chi connectivity index (χ0v) is 17.5. The Labute approximate surface area is 177 Å². The van der Waals surface area contributed by atoms with Gasteiger partial charge in [-0.25, -0.2) is 15.0 Å². The summed E-state index contributed by atoms with van der Waals surface area (Å²) < 4.78 is 3.59. The molecule has 2 aromatic carbocycles. The molecule has 5 aromatic rings. The summed E-state index contributed by atoms with van der Waals surface area (Å²) in [6.07, 6.45) is 1.59. The number of aromatic nitrogens is 5. The summed E-state index contributed by atoms with van der Waals surface area (Å²) in [6, 6.07) is 15.2. The van der Waals surface area contributed by atoms with Gasteiger partial charge in [0.2, 0.25) is 0 Å². The van der Waals surface area contributed by atoms with Crippen LogP contribution in [0.3, 0.4) is 0 Å². The highest BCUT2D eigenvalue weighted by Gasteiger charge is 2.20. The number of fused-ring (bicyclic) bond motifs is 4. The van der Waals surface area contributed by atoms with Crippen LogP contribution < -0.4 is 5.56 Å². The van der Waals surface area contributed by atoms with Gasteiger partial charge in [0.15, 0.2) is 11.3 Å². The standard InChI is InChI=1S/C23H20ClN5O/c1-14(2)11-29-21-19(20-22(29)27-18-10-6-5-9-17(18)26-20)23(30)28(13-25-21)12-15-7-3-4-8-16(15)24/h3-10,13-14H,11-12H2,1-2H3. The Bertz CT molecular complexity index is 1470. The van der Waals surface area contributed by atoms with Crippen molar-refractivity contribution in [2.45, 2.75) is 26.9 Å². The summed E-state index contributed by atoms with van der Waals surface area (Å²) in [4.78, 5) is 27.8. The minimum absolute atomic E-state index is 0.142. The average molecular weight is 418 g/mol. The Morgan fingerprint density at radius 2 is 1.67 bits per heavy atom. The second-order valence-corrected chi connectivity index (χ2v) is 8.26. The molecule has 0 amide bonds. The molecule has 0 radical (unpaired) electrons. The first kappa shape index (κ1) is 18.8. The van der Waals surface area contributed by atoms with E-state index in [0.717, 1.165) is 16.6 Å². The maximum absolute atomic E-state index is 13.5. The first-order valence-corrected chi connectivity index (χ1v) is 10.3. The third kappa shape index (κ3) is 3.04. The molecule has 3 aromatic heterocycles. The first-order chi connectivity index (χ1) is 14.5. The molecule has 0 unspecified atom stereocenters. The van der Waals surface area contributed by atoms with E-state index < -0.39 is 0 Å². The molecule has 7 heteroatoms. The van der Waals surface area contributed by atoms with E-state index in [-0.39, 0.29) is 5.56 Å². The summed E-state index contributed by atoms with van der Waals surface area (Å²) >= 11 is 6.30. The van der Waals surface area contributed by atoms with Crippen molar-refractivity contribution in [2.75, 3.05) is 0 Å². The van der Waals surface area contributed by atoms with Crippen molar-refractivity contribution in [2.24, 2.45) is 5.92 Å². The molecule has 3 heterocycles. The largest absolute Gasteiger partial charge is 0.308 e. The molecule has 0 saturated carbocycles. The monoisotopic (exact) mass is 417 g/mol. The van der Waals surface area contributed by atoms with Crippen LogP contribution in [0.2, 0.25) is 5.02 Å². The summed E-state index contributed by atoms with van der Waals surface area (Å²) in [5.74, 6) is 0.365. The lowest BCUT2D eigenvalue weighted by Crippen LogP contribution is -2.21. The Kier molecular flexibility index (Phi) is 4.51. The number of halogens is 1. The van der Waals surface area contributed by atoms with Gasteiger partial charge in [-0.1, -0.05) is 55.8 Å². The third-order valence-corrected chi connectivity index (χ3v) is 5.53. The smallest absolute Gasteiger partial charge is 0.265 e. The van der Waals surface area contributed by atoms with Gasteiger partial charge in [-0.2, -0.15) is 0 Å². The molecule has 6 nitrogen and oxygen atoms in total. The number of nitrogens with zero attached hydrogens (tertiary/aromatic N) is 5. The molecule has 0 spiro atoms. The highest BCUT2D eigenvalue weighted by Crippen LogP contribution is 2.26. The molecule has 0 saturated heterocycles. The number of benzene rings is 2. The van der Waals surface area contributed by atoms with Gasteiger partial charge < -0.3 is 4.57 Å². The minimum Gasteiger partial charge on any atom is -0.308 e. The van der Waals surface area contributed by atoms with Crippen molar-refractivity contribution in [3.05, 3.63) is 75.8 Å². The van der Waals surface area contributed by atoms with Crippen molar-refractivity contribution in [1.29, 1.82) is 0 Å². The third-order valence-electron chi connectivity index (χ3n) is 5.16. The minimum atomic E-state index is -0.142. The van der Waals surface area contributed by atoms with Gasteiger partial charge in [-0.05, 0) is 29.7 Å². The van der Waals surface area contributed by atoms with Crippen LogP contribution in [0.5, 0.6) is 0 Å². The summed E-state index contributed by atoms with van der Waals surface area (Å²) in [5, 5.41) is 1.12. The molecule has 0 atom stereocenters. The molecule has 0 bridgehead atoms. The van der Waals surface area contributed by atoms with Crippen LogP contribution in [0, 0.1) is 5.92 Å². The van der Waals surface area contributed by atoms with E-state index in [1.54, 1.807) is 10.9 Å². The van der Waals surface area contributed by atoms with E-state index >= 15 is 0 Å². The Morgan fingerprint density at radius 3 is 2.40 bits per heavy atom. The van der Waals surface area contributed by atoms with Crippen molar-refractivity contribution in [3.8, 4) is 0 Å². The fourth-order valence-corrected chi connectivity index (χ4v) is 4.00. The summed E-state index contributed by atoms with van der Waals surface area (Å²) in [5.41, 5.74) is 4.19. The number of para-hydroxylation sites is 2. The molecule has 0 aliphatic carbocycles. The zero-order chi connectivity index (χ0) is 20.8. The van der Waals surface area contributed by atoms with E-state index in [1.807, 2.05) is 53.1 Å². The molecular formula is C23H20ClN5O. The average Bonchev–Trinajstić information content (AvgIpc) is 3.02. The maximum Gasteiger partial charge on any atom is 0.265 e. The number of rotatable bonds is 4. The second-order valence-electron chi connectivity index (χ2n) is 7.86. The summed E-state index contributed by atoms with van der Waals surface area (Å²) in [7, 11) is 0. The molecule has 0 aliphatic rings. The fraction of sp³-hybridized carbons (Fsp3) is 0.217. The fourth-order valence-electron chi connectivity index (χ4n) is 3.80. The van der Waals surface area contributed by atoms with E-state index in [4.69, 9.17) is 21.6 Å². The number of hydrogen-bond acceptors (Lipinski definition) is 4. The maximum atomic E-state index is 13.5. The molecule has 0 fully saturated rings. The van der Waals surface area contributed by atoms with Gasteiger partial charge in [-0.15, -0.1) is 0 Å². The lowest BCUT2D eigenvalue weighted by molar-refractivity contribution is 0.540. The molecule has 5 rings (SSSR count). The molecule has 30 heavy (non-hydrogen) atoms. The van der Waals surface area contributed by atoms with Crippen LogP contribution in [0.25, 0.3) is 33.2 Å². The topological polar surface area (TPSA) is 65.6 Å². The first-order valence-electron chi connectivity index (χ1n) is 9.90. The van der Waals surface area contributed by atoms with Gasteiger partial charge in [-0.3, -0.25) is 9.36 Å². The molecule has 0 N–H and O–H groups in total. The summed E-state index contributed by atoms with van der Waals surface area (Å²) in [6.45, 7) is 5.31. The highest BCUT2D eigenvalue weighted by atomic mass is 35.5. The van der Waals surface area contributed by atoms with Crippen LogP contribution in [-0.2, 0) is 13.1 Å². The number of hydrogen-bond donors (Lipinski definition) is 0. The quantitative estimate of drug-likeness (QED) is 0.427. The lowest BCUT2D eigenvalue weighted by atomic mass is 10.2. The van der Waals surface area contributed by atoms with Crippen molar-refractivity contribution in [1.82, 2.24) is 24.1 Å². The van der Waals surface area contributed by atoms with E-state index in [0.29, 0.717) is 46.2 Å². The Balaban J connectivity index is 1.81. The van der Waals surface area contributed by atoms with Gasteiger partial charge >= 0.3 is 0 Å². The highest BCUT2D eigenvalue weighted by molar-refractivity contribution is 6.31. The Morgan fingerprint density at radius 1 is 0.967 bits per heavy atom. The van der Waals surface area contributed by atoms with Crippen molar-refractivity contribution < 1.29 is 0 Å². The SMILES string of the molecule is CC(C)Cn1c2nc3ccccc3nc2c2c(=O)n(Cc3ccccc3Cl)cnc21. The van der Waals surface area contributed by atoms with Crippen LogP contribution in [0.4, 0.5) is 0 Å².